The van der Waals surface area contributed by atoms with Crippen LogP contribution in [0.3, 0.4) is 0 Å². The lowest BCUT2D eigenvalue weighted by Gasteiger charge is -2.40. The van der Waals surface area contributed by atoms with Gasteiger partial charge in [0.15, 0.2) is 0 Å². The Hall–Kier alpha value is -2.44. The molecule has 2 unspecified atom stereocenters. The van der Waals surface area contributed by atoms with E-state index in [1.54, 1.807) is 7.11 Å². The van der Waals surface area contributed by atoms with Crippen molar-refractivity contribution in [3.05, 3.63) is 42.0 Å². The van der Waals surface area contributed by atoms with E-state index in [0.29, 0.717) is 12.8 Å². The summed E-state index contributed by atoms with van der Waals surface area (Å²) in [4.78, 5) is 25.9. The fourth-order valence-electron chi connectivity index (χ4n) is 3.90. The van der Waals surface area contributed by atoms with Gasteiger partial charge >= 0.3 is 0 Å². The van der Waals surface area contributed by atoms with Crippen molar-refractivity contribution < 1.29 is 23.1 Å². The molecule has 2 amide bonds. The van der Waals surface area contributed by atoms with Gasteiger partial charge < -0.3 is 15.0 Å². The van der Waals surface area contributed by atoms with Gasteiger partial charge in [0.2, 0.25) is 11.8 Å². The minimum absolute atomic E-state index is 0.0123. The third-order valence-corrected chi connectivity index (χ3v) is 5.45. The summed E-state index contributed by atoms with van der Waals surface area (Å²) in [7, 11) is 1.60. The molecule has 0 saturated carbocycles. The van der Waals surface area contributed by atoms with Crippen LogP contribution in [-0.2, 0) is 22.4 Å². The number of likely N-dealkylation sites (tertiary alicyclic amines) is 1. The monoisotopic (exact) mass is 378 g/mol. The summed E-state index contributed by atoms with van der Waals surface area (Å²) in [5.41, 5.74) is 2.18. The highest BCUT2D eigenvalue weighted by molar-refractivity contribution is 5.87. The van der Waals surface area contributed by atoms with E-state index in [4.69, 9.17) is 4.74 Å². The van der Waals surface area contributed by atoms with E-state index in [-0.39, 0.29) is 24.9 Å². The third kappa shape index (κ3) is 3.96. The summed E-state index contributed by atoms with van der Waals surface area (Å²) < 4.78 is 33.7. The van der Waals surface area contributed by atoms with E-state index in [1.165, 1.54) is 10.5 Å². The summed E-state index contributed by atoms with van der Waals surface area (Å²) >= 11 is 0. The number of aryl methyl sites for hydroxylation is 1. The van der Waals surface area contributed by atoms with Gasteiger partial charge in [0.25, 0.3) is 5.92 Å². The predicted octanol–water partition coefficient (Wildman–Crippen LogP) is 2.34. The van der Waals surface area contributed by atoms with Crippen LogP contribution in [0.1, 0.15) is 24.0 Å². The number of nitrogens with zero attached hydrogens (tertiary/aromatic N) is 1. The molecule has 3 rings (SSSR count). The Labute approximate surface area is 157 Å². The first-order chi connectivity index (χ1) is 12.9. The first kappa shape index (κ1) is 19.3. The van der Waals surface area contributed by atoms with Crippen LogP contribution in [0.2, 0.25) is 0 Å². The minimum Gasteiger partial charge on any atom is -0.496 e. The van der Waals surface area contributed by atoms with Crippen molar-refractivity contribution in [2.75, 3.05) is 20.2 Å². The Morgan fingerprint density at radius 1 is 1.41 bits per heavy atom. The Bertz CT molecular complexity index is 736. The Kier molecular flexibility index (Phi) is 5.48. The molecule has 0 radical (unpaired) electrons. The van der Waals surface area contributed by atoms with Crippen molar-refractivity contribution in [1.29, 1.82) is 0 Å². The molecule has 7 heteroatoms. The topological polar surface area (TPSA) is 58.6 Å². The SMILES string of the molecule is C=CC(=O)NC1CN(C(=O)C2CCc3cccc(OC)c3C2)CCC1(F)F. The van der Waals surface area contributed by atoms with Gasteiger partial charge in [-0.2, -0.15) is 0 Å². The number of ether oxygens (including phenoxy) is 1. The molecule has 0 spiro atoms. The smallest absolute Gasteiger partial charge is 0.271 e. The normalized spacial score (nSPS) is 23.9. The van der Waals surface area contributed by atoms with E-state index in [2.05, 4.69) is 11.9 Å². The highest BCUT2D eigenvalue weighted by atomic mass is 19.3. The molecule has 1 aromatic carbocycles. The maximum Gasteiger partial charge on any atom is 0.271 e. The molecule has 1 heterocycles. The summed E-state index contributed by atoms with van der Waals surface area (Å²) in [6.07, 6.45) is 2.46. The largest absolute Gasteiger partial charge is 0.496 e. The molecule has 2 aliphatic rings. The maximum absolute atomic E-state index is 14.1. The van der Waals surface area contributed by atoms with E-state index in [9.17, 15) is 18.4 Å². The maximum atomic E-state index is 14.1. The van der Waals surface area contributed by atoms with Gasteiger partial charge in [-0.3, -0.25) is 9.59 Å². The summed E-state index contributed by atoms with van der Waals surface area (Å²) in [6, 6.07) is 4.43. The number of fused-ring (bicyclic) bond motifs is 1. The number of hydrogen-bond donors (Lipinski definition) is 1. The van der Waals surface area contributed by atoms with E-state index < -0.39 is 24.3 Å². The quantitative estimate of drug-likeness (QED) is 0.819. The number of carbonyl (C=O) groups excluding carboxylic acids is 2. The van der Waals surface area contributed by atoms with Crippen molar-refractivity contribution in [3.8, 4) is 5.75 Å². The molecule has 1 aliphatic carbocycles. The predicted molar refractivity (Wildman–Crippen MR) is 96.8 cm³/mol. The fraction of sp³-hybridized carbons (Fsp3) is 0.500. The van der Waals surface area contributed by atoms with E-state index >= 15 is 0 Å². The van der Waals surface area contributed by atoms with E-state index in [1.807, 2.05) is 18.2 Å². The lowest BCUT2D eigenvalue weighted by atomic mass is 9.82. The molecule has 146 valence electrons. The first-order valence-corrected chi connectivity index (χ1v) is 9.10. The van der Waals surface area contributed by atoms with Crippen LogP contribution in [0.15, 0.2) is 30.9 Å². The molecule has 1 saturated heterocycles. The van der Waals surface area contributed by atoms with E-state index in [0.717, 1.165) is 23.8 Å². The third-order valence-electron chi connectivity index (χ3n) is 5.45. The number of methoxy groups -OCH3 is 1. The van der Waals surface area contributed by atoms with Gasteiger partial charge in [0.05, 0.1) is 7.11 Å². The number of amides is 2. The average Bonchev–Trinajstić information content (AvgIpc) is 2.67. The van der Waals surface area contributed by atoms with Gasteiger partial charge in [-0.25, -0.2) is 8.78 Å². The lowest BCUT2D eigenvalue weighted by molar-refractivity contribution is -0.147. The second kappa shape index (κ2) is 7.66. The standard InChI is InChI=1S/C20H24F2N2O3/c1-3-18(25)23-17-12-24(10-9-20(17,21)22)19(26)14-8-7-13-5-4-6-16(27-2)15(13)11-14/h3-6,14,17H,1,7-12H2,2H3,(H,23,25). The Morgan fingerprint density at radius 3 is 2.89 bits per heavy atom. The number of halogens is 2. The number of piperidine rings is 1. The van der Waals surface area contributed by atoms with Gasteiger partial charge in [0, 0.05) is 25.4 Å². The van der Waals surface area contributed by atoms with Crippen LogP contribution in [0.25, 0.3) is 0 Å². The van der Waals surface area contributed by atoms with Crippen LogP contribution in [-0.4, -0.2) is 48.9 Å². The van der Waals surface area contributed by atoms with Gasteiger partial charge in [0.1, 0.15) is 11.8 Å². The van der Waals surface area contributed by atoms with Crippen LogP contribution < -0.4 is 10.1 Å². The number of benzene rings is 1. The van der Waals surface area contributed by atoms with Crippen LogP contribution in [0.5, 0.6) is 5.75 Å². The Balaban J connectivity index is 1.72. The molecular formula is C20H24F2N2O3. The fourth-order valence-corrected chi connectivity index (χ4v) is 3.90. The number of rotatable bonds is 4. The molecule has 0 bridgehead atoms. The molecule has 1 fully saturated rings. The highest BCUT2D eigenvalue weighted by Crippen LogP contribution is 2.35. The van der Waals surface area contributed by atoms with Crippen LogP contribution in [0, 0.1) is 5.92 Å². The lowest BCUT2D eigenvalue weighted by Crippen LogP contribution is -2.60. The molecule has 5 nitrogen and oxygen atoms in total. The zero-order valence-electron chi connectivity index (χ0n) is 15.3. The summed E-state index contributed by atoms with van der Waals surface area (Å²) in [5.74, 6) is -3.36. The van der Waals surface area contributed by atoms with Gasteiger partial charge in [-0.1, -0.05) is 18.7 Å². The Morgan fingerprint density at radius 2 is 2.19 bits per heavy atom. The van der Waals surface area contributed by atoms with Crippen LogP contribution in [0.4, 0.5) is 8.78 Å². The molecule has 1 aliphatic heterocycles. The molecule has 1 N–H and O–H groups in total. The zero-order valence-corrected chi connectivity index (χ0v) is 15.3. The minimum atomic E-state index is -3.04. The summed E-state index contributed by atoms with van der Waals surface area (Å²) in [5, 5.41) is 2.26. The van der Waals surface area contributed by atoms with Crippen molar-refractivity contribution in [2.45, 2.75) is 37.6 Å². The molecule has 27 heavy (non-hydrogen) atoms. The van der Waals surface area contributed by atoms with Crippen molar-refractivity contribution in [1.82, 2.24) is 10.2 Å². The zero-order chi connectivity index (χ0) is 19.6. The second-order valence-corrected chi connectivity index (χ2v) is 7.10. The number of nitrogens with one attached hydrogen (secondary N) is 1. The van der Waals surface area contributed by atoms with Crippen molar-refractivity contribution in [2.24, 2.45) is 5.92 Å². The second-order valence-electron chi connectivity index (χ2n) is 7.10. The molecular weight excluding hydrogens is 354 g/mol. The number of alkyl halides is 2. The molecule has 2 atom stereocenters. The van der Waals surface area contributed by atoms with Crippen molar-refractivity contribution in [3.63, 3.8) is 0 Å². The number of carbonyl (C=O) groups is 2. The average molecular weight is 378 g/mol. The summed E-state index contributed by atoms with van der Waals surface area (Å²) in [6.45, 7) is 3.08. The van der Waals surface area contributed by atoms with Gasteiger partial charge in [-0.05, 0) is 42.5 Å². The van der Waals surface area contributed by atoms with Crippen molar-refractivity contribution >= 4 is 11.8 Å². The molecule has 1 aromatic rings. The van der Waals surface area contributed by atoms with Crippen LogP contribution >= 0.6 is 0 Å². The highest BCUT2D eigenvalue weighted by Gasteiger charge is 2.46. The molecule has 0 aromatic heterocycles. The first-order valence-electron chi connectivity index (χ1n) is 9.10. The number of hydrogen-bond acceptors (Lipinski definition) is 3. The van der Waals surface area contributed by atoms with Gasteiger partial charge in [-0.15, -0.1) is 0 Å².